The monoisotopic (exact) mass is 395 g/mol. The summed E-state index contributed by atoms with van der Waals surface area (Å²) in [5.74, 6) is 2.07. The van der Waals surface area contributed by atoms with E-state index in [-0.39, 0.29) is 18.8 Å². The Morgan fingerprint density at radius 2 is 2.04 bits per heavy atom. The van der Waals surface area contributed by atoms with E-state index in [0.29, 0.717) is 23.1 Å². The number of nitrogens with one attached hydrogen (secondary N) is 2. The molecule has 0 saturated heterocycles. The van der Waals surface area contributed by atoms with Gasteiger partial charge in [-0.25, -0.2) is 4.99 Å². The lowest BCUT2D eigenvalue weighted by molar-refractivity contribution is 0.131. The van der Waals surface area contributed by atoms with Crippen LogP contribution in [-0.4, -0.2) is 37.6 Å². The third-order valence-corrected chi connectivity index (χ3v) is 5.72. The van der Waals surface area contributed by atoms with Crippen molar-refractivity contribution in [2.24, 2.45) is 10.4 Å². The van der Waals surface area contributed by atoms with Crippen LogP contribution in [0.15, 0.2) is 17.1 Å². The van der Waals surface area contributed by atoms with E-state index < -0.39 is 0 Å². The Kier molecular flexibility index (Phi) is 7.07. The molecule has 3 rings (SSSR count). The number of ether oxygens (including phenoxy) is 2. The predicted molar refractivity (Wildman–Crippen MR) is 108 cm³/mol. The molecule has 6 nitrogen and oxygen atoms in total. The van der Waals surface area contributed by atoms with Crippen LogP contribution in [0, 0.1) is 5.41 Å². The lowest BCUT2D eigenvalue weighted by Gasteiger charge is -2.37. The zero-order valence-electron chi connectivity index (χ0n) is 16.0. The largest absolute Gasteiger partial charge is 0.454 e. The second kappa shape index (κ2) is 9.51. The minimum absolute atomic E-state index is 0.172. The van der Waals surface area contributed by atoms with E-state index in [0.717, 1.165) is 43.9 Å². The molecule has 0 radical (unpaired) electrons. The second-order valence-electron chi connectivity index (χ2n) is 7.39. The van der Waals surface area contributed by atoms with E-state index in [1.165, 1.54) is 19.3 Å². The van der Waals surface area contributed by atoms with Crippen molar-refractivity contribution < 1.29 is 14.6 Å². The van der Waals surface area contributed by atoms with Crippen LogP contribution < -0.4 is 20.1 Å². The number of halogens is 1. The summed E-state index contributed by atoms with van der Waals surface area (Å²) < 4.78 is 10.8. The lowest BCUT2D eigenvalue weighted by Crippen LogP contribution is -2.44. The molecule has 0 unspecified atom stereocenters. The average Bonchev–Trinajstić information content (AvgIpc) is 3.14. The molecule has 0 amide bonds. The molecule has 1 aliphatic heterocycles. The van der Waals surface area contributed by atoms with Gasteiger partial charge < -0.3 is 25.2 Å². The molecule has 0 atom stereocenters. The first kappa shape index (κ1) is 20.1. The maximum atomic E-state index is 9.50. The molecule has 0 spiro atoms. The molecule has 2 aliphatic rings. The summed E-state index contributed by atoms with van der Waals surface area (Å²) in [6, 6.07) is 3.80. The SMILES string of the molecule is CCNC(=NCc1cc(Cl)c2c(c1)OCO2)NCC1(CCO)CCCCC1. The maximum absolute atomic E-state index is 9.50. The van der Waals surface area contributed by atoms with Crippen LogP contribution >= 0.6 is 11.6 Å². The van der Waals surface area contributed by atoms with Crippen LogP contribution in [0.1, 0.15) is 51.0 Å². The van der Waals surface area contributed by atoms with E-state index in [2.05, 4.69) is 17.6 Å². The van der Waals surface area contributed by atoms with Crippen molar-refractivity contribution in [1.82, 2.24) is 10.6 Å². The van der Waals surface area contributed by atoms with Gasteiger partial charge >= 0.3 is 0 Å². The average molecular weight is 396 g/mol. The fraction of sp³-hybridized carbons (Fsp3) is 0.650. The number of guanidine groups is 1. The number of benzene rings is 1. The molecule has 150 valence electrons. The third-order valence-electron chi connectivity index (χ3n) is 5.44. The highest BCUT2D eigenvalue weighted by Gasteiger charge is 2.31. The molecule has 7 heteroatoms. The normalized spacial score (nSPS) is 18.4. The summed E-state index contributed by atoms with van der Waals surface area (Å²) in [6.45, 7) is 4.63. The number of hydrogen-bond acceptors (Lipinski definition) is 4. The molecule has 0 bridgehead atoms. The third kappa shape index (κ3) is 5.20. The molecule has 1 heterocycles. The Morgan fingerprint density at radius 3 is 2.78 bits per heavy atom. The van der Waals surface area contributed by atoms with Gasteiger partial charge in [0.1, 0.15) is 0 Å². The van der Waals surface area contributed by atoms with Gasteiger partial charge in [-0.1, -0.05) is 30.9 Å². The number of hydrogen-bond donors (Lipinski definition) is 3. The van der Waals surface area contributed by atoms with Gasteiger partial charge in [-0.3, -0.25) is 0 Å². The summed E-state index contributed by atoms with van der Waals surface area (Å²) in [7, 11) is 0. The van der Waals surface area contributed by atoms with Crippen molar-refractivity contribution in [1.29, 1.82) is 0 Å². The second-order valence-corrected chi connectivity index (χ2v) is 7.80. The molecular formula is C20H30ClN3O3. The van der Waals surface area contributed by atoms with E-state index in [4.69, 9.17) is 26.1 Å². The standard InChI is InChI=1S/C20H30ClN3O3/c1-2-22-19(24-13-20(8-9-25)6-4-3-5-7-20)23-12-15-10-16(21)18-17(11-15)26-14-27-18/h10-11,25H,2-9,12-14H2,1H3,(H2,22,23,24). The van der Waals surface area contributed by atoms with Crippen molar-refractivity contribution in [3.05, 3.63) is 22.7 Å². The molecule has 3 N–H and O–H groups in total. The minimum Gasteiger partial charge on any atom is -0.454 e. The van der Waals surface area contributed by atoms with Gasteiger partial charge in [0.15, 0.2) is 17.5 Å². The molecule has 1 aliphatic carbocycles. The minimum atomic E-state index is 0.172. The smallest absolute Gasteiger partial charge is 0.231 e. The van der Waals surface area contributed by atoms with Crippen LogP contribution in [-0.2, 0) is 6.54 Å². The molecule has 1 fully saturated rings. The Bertz CT molecular complexity index is 655. The summed E-state index contributed by atoms with van der Waals surface area (Å²) in [6.07, 6.45) is 6.95. The lowest BCUT2D eigenvalue weighted by atomic mass is 9.72. The molecule has 1 saturated carbocycles. The predicted octanol–water partition coefficient (Wildman–Crippen LogP) is 3.46. The highest BCUT2D eigenvalue weighted by atomic mass is 35.5. The Labute approximate surface area is 166 Å². The zero-order chi connectivity index (χ0) is 19.1. The van der Waals surface area contributed by atoms with Crippen molar-refractivity contribution in [2.75, 3.05) is 26.5 Å². The molecular weight excluding hydrogens is 366 g/mol. The van der Waals surface area contributed by atoms with Crippen LogP contribution in [0.5, 0.6) is 11.5 Å². The zero-order valence-corrected chi connectivity index (χ0v) is 16.8. The highest BCUT2D eigenvalue weighted by Crippen LogP contribution is 2.40. The molecule has 27 heavy (non-hydrogen) atoms. The summed E-state index contributed by atoms with van der Waals surface area (Å²) >= 11 is 6.26. The number of aliphatic hydroxyl groups is 1. The van der Waals surface area contributed by atoms with Gasteiger partial charge in [0.2, 0.25) is 6.79 Å². The van der Waals surface area contributed by atoms with Crippen molar-refractivity contribution in [3.8, 4) is 11.5 Å². The molecule has 1 aromatic carbocycles. The number of rotatable bonds is 7. The summed E-state index contributed by atoms with van der Waals surface area (Å²) in [5, 5.41) is 16.9. The maximum Gasteiger partial charge on any atom is 0.231 e. The number of nitrogens with zero attached hydrogens (tertiary/aromatic N) is 1. The summed E-state index contributed by atoms with van der Waals surface area (Å²) in [4.78, 5) is 4.70. The van der Waals surface area contributed by atoms with Gasteiger partial charge in [0, 0.05) is 19.7 Å². The number of fused-ring (bicyclic) bond motifs is 1. The Morgan fingerprint density at radius 1 is 1.22 bits per heavy atom. The van der Waals surface area contributed by atoms with Crippen molar-refractivity contribution in [2.45, 2.75) is 52.0 Å². The van der Waals surface area contributed by atoms with Gasteiger partial charge in [-0.15, -0.1) is 0 Å². The van der Waals surface area contributed by atoms with E-state index in [1.54, 1.807) is 0 Å². The van der Waals surface area contributed by atoms with E-state index in [9.17, 15) is 5.11 Å². The first-order valence-electron chi connectivity index (χ1n) is 9.87. The van der Waals surface area contributed by atoms with Crippen molar-refractivity contribution >= 4 is 17.6 Å². The summed E-state index contributed by atoms with van der Waals surface area (Å²) in [5.41, 5.74) is 1.15. The highest BCUT2D eigenvalue weighted by molar-refractivity contribution is 6.32. The fourth-order valence-electron chi connectivity index (χ4n) is 3.95. The number of aliphatic hydroxyl groups excluding tert-OH is 1. The fourth-order valence-corrected chi connectivity index (χ4v) is 4.24. The quantitative estimate of drug-likeness (QED) is 0.487. The Balaban J connectivity index is 1.65. The van der Waals surface area contributed by atoms with Crippen LogP contribution in [0.4, 0.5) is 0 Å². The van der Waals surface area contributed by atoms with E-state index >= 15 is 0 Å². The Hall–Kier alpha value is -1.66. The van der Waals surface area contributed by atoms with Crippen LogP contribution in [0.3, 0.4) is 0 Å². The number of aliphatic imine (C=N–C) groups is 1. The van der Waals surface area contributed by atoms with Crippen LogP contribution in [0.2, 0.25) is 5.02 Å². The van der Waals surface area contributed by atoms with Gasteiger partial charge in [-0.2, -0.15) is 0 Å². The first-order valence-corrected chi connectivity index (χ1v) is 10.2. The molecule has 0 aromatic heterocycles. The van der Waals surface area contributed by atoms with Crippen molar-refractivity contribution in [3.63, 3.8) is 0 Å². The topological polar surface area (TPSA) is 75.1 Å². The van der Waals surface area contributed by atoms with E-state index in [1.807, 2.05) is 12.1 Å². The van der Waals surface area contributed by atoms with Gasteiger partial charge in [0.05, 0.1) is 11.6 Å². The van der Waals surface area contributed by atoms with Crippen LogP contribution in [0.25, 0.3) is 0 Å². The van der Waals surface area contributed by atoms with Gasteiger partial charge in [0.25, 0.3) is 0 Å². The first-order chi connectivity index (χ1) is 13.2. The molecule has 1 aromatic rings. The van der Waals surface area contributed by atoms with Gasteiger partial charge in [-0.05, 0) is 49.3 Å².